The zero-order chi connectivity index (χ0) is 12.8. The summed E-state index contributed by atoms with van der Waals surface area (Å²) in [5, 5.41) is 5.64. The number of hydrogen-bond acceptors (Lipinski definition) is 2. The smallest absolute Gasteiger partial charge is 0.225 e. The minimum atomic E-state index is -0.430. The molecular formula is C11H19ClN2O2. The van der Waals surface area contributed by atoms with Crippen LogP contribution in [0.25, 0.3) is 0 Å². The molecule has 0 heterocycles. The summed E-state index contributed by atoms with van der Waals surface area (Å²) < 4.78 is 0. The SMILES string of the molecule is C=C(Cl)CNC(=O)CCNC(=O)C(C)(C)C. The molecule has 16 heavy (non-hydrogen) atoms. The molecule has 0 aromatic rings. The highest BCUT2D eigenvalue weighted by Gasteiger charge is 2.20. The Kier molecular flexibility index (Phi) is 6.11. The Balaban J connectivity index is 3.71. The quantitative estimate of drug-likeness (QED) is 0.771. The summed E-state index contributed by atoms with van der Waals surface area (Å²) in [6.07, 6.45) is 0.242. The van der Waals surface area contributed by atoms with E-state index < -0.39 is 5.41 Å². The van der Waals surface area contributed by atoms with E-state index in [2.05, 4.69) is 17.2 Å². The van der Waals surface area contributed by atoms with Gasteiger partial charge in [-0.15, -0.1) is 0 Å². The van der Waals surface area contributed by atoms with Crippen molar-refractivity contribution in [1.82, 2.24) is 10.6 Å². The number of carbonyl (C=O) groups is 2. The molecule has 0 rings (SSSR count). The highest BCUT2D eigenvalue weighted by molar-refractivity contribution is 6.29. The predicted octanol–water partition coefficient (Wildman–Crippen LogP) is 1.41. The van der Waals surface area contributed by atoms with E-state index in [4.69, 9.17) is 11.6 Å². The van der Waals surface area contributed by atoms with E-state index in [-0.39, 0.29) is 24.8 Å². The standard InChI is InChI=1S/C11H19ClN2O2/c1-8(12)7-14-9(15)5-6-13-10(16)11(2,3)4/h1,5-7H2,2-4H3,(H,13,16)(H,14,15). The number of amides is 2. The van der Waals surface area contributed by atoms with Gasteiger partial charge in [0.15, 0.2) is 0 Å². The molecule has 2 amide bonds. The number of nitrogens with one attached hydrogen (secondary N) is 2. The molecule has 0 aromatic carbocycles. The molecule has 4 nitrogen and oxygen atoms in total. The van der Waals surface area contributed by atoms with Crippen molar-refractivity contribution < 1.29 is 9.59 Å². The van der Waals surface area contributed by atoms with E-state index in [0.29, 0.717) is 11.6 Å². The van der Waals surface area contributed by atoms with Crippen LogP contribution in [-0.4, -0.2) is 24.9 Å². The van der Waals surface area contributed by atoms with E-state index in [1.807, 2.05) is 20.8 Å². The highest BCUT2D eigenvalue weighted by Crippen LogP contribution is 2.11. The Labute approximate surface area is 101 Å². The first-order valence-corrected chi connectivity index (χ1v) is 5.49. The average Bonchev–Trinajstić information content (AvgIpc) is 2.13. The minimum Gasteiger partial charge on any atom is -0.355 e. The van der Waals surface area contributed by atoms with Crippen molar-refractivity contribution in [3.63, 3.8) is 0 Å². The molecule has 5 heteroatoms. The molecule has 0 aliphatic carbocycles. The Bertz CT molecular complexity index is 282. The molecule has 0 saturated carbocycles. The van der Waals surface area contributed by atoms with Crippen LogP contribution in [-0.2, 0) is 9.59 Å². The molecule has 2 N–H and O–H groups in total. The van der Waals surface area contributed by atoms with Crippen molar-refractivity contribution >= 4 is 23.4 Å². The van der Waals surface area contributed by atoms with Gasteiger partial charge in [0.2, 0.25) is 11.8 Å². The topological polar surface area (TPSA) is 58.2 Å². The molecule has 0 aliphatic rings. The second-order valence-electron chi connectivity index (χ2n) is 4.55. The van der Waals surface area contributed by atoms with Crippen LogP contribution < -0.4 is 10.6 Å². The minimum absolute atomic E-state index is 0.0675. The van der Waals surface area contributed by atoms with Crippen molar-refractivity contribution in [1.29, 1.82) is 0 Å². The fourth-order valence-electron chi connectivity index (χ4n) is 0.838. The predicted molar refractivity (Wildman–Crippen MR) is 65.1 cm³/mol. The molecule has 0 bridgehead atoms. The summed E-state index contributed by atoms with van der Waals surface area (Å²) in [5.74, 6) is -0.224. The monoisotopic (exact) mass is 246 g/mol. The fraction of sp³-hybridized carbons (Fsp3) is 0.636. The van der Waals surface area contributed by atoms with Crippen LogP contribution in [0.4, 0.5) is 0 Å². The maximum Gasteiger partial charge on any atom is 0.225 e. The molecule has 0 aromatic heterocycles. The third kappa shape index (κ3) is 7.29. The van der Waals surface area contributed by atoms with E-state index >= 15 is 0 Å². The van der Waals surface area contributed by atoms with Crippen LogP contribution in [0, 0.1) is 5.41 Å². The van der Waals surface area contributed by atoms with Crippen LogP contribution in [0.15, 0.2) is 11.6 Å². The average molecular weight is 247 g/mol. The van der Waals surface area contributed by atoms with Gasteiger partial charge in [-0.25, -0.2) is 0 Å². The zero-order valence-corrected chi connectivity index (χ0v) is 10.8. The lowest BCUT2D eigenvalue weighted by molar-refractivity contribution is -0.128. The van der Waals surface area contributed by atoms with Crippen molar-refractivity contribution in [2.24, 2.45) is 5.41 Å². The molecule has 0 radical (unpaired) electrons. The van der Waals surface area contributed by atoms with E-state index in [1.54, 1.807) is 0 Å². The molecular weight excluding hydrogens is 228 g/mol. The Morgan fingerprint density at radius 2 is 1.81 bits per heavy atom. The van der Waals surface area contributed by atoms with Gasteiger partial charge in [-0.2, -0.15) is 0 Å². The van der Waals surface area contributed by atoms with Crippen molar-refractivity contribution in [3.05, 3.63) is 11.6 Å². The van der Waals surface area contributed by atoms with Crippen LogP contribution in [0.3, 0.4) is 0 Å². The number of carbonyl (C=O) groups excluding carboxylic acids is 2. The van der Waals surface area contributed by atoms with Gasteiger partial charge in [0, 0.05) is 23.4 Å². The third-order valence-electron chi connectivity index (χ3n) is 1.80. The first-order valence-electron chi connectivity index (χ1n) is 5.11. The van der Waals surface area contributed by atoms with Gasteiger partial charge in [-0.05, 0) is 0 Å². The first kappa shape index (κ1) is 15.0. The fourth-order valence-corrected chi connectivity index (χ4v) is 0.904. The Morgan fingerprint density at radius 1 is 1.25 bits per heavy atom. The third-order valence-corrected chi connectivity index (χ3v) is 1.93. The second kappa shape index (κ2) is 6.53. The molecule has 0 spiro atoms. The molecule has 0 fully saturated rings. The lowest BCUT2D eigenvalue weighted by Crippen LogP contribution is -2.37. The molecule has 0 unspecified atom stereocenters. The summed E-state index contributed by atoms with van der Waals surface area (Å²) in [6.45, 7) is 9.49. The van der Waals surface area contributed by atoms with Gasteiger partial charge in [0.1, 0.15) is 0 Å². The van der Waals surface area contributed by atoms with Gasteiger partial charge in [-0.3, -0.25) is 9.59 Å². The second-order valence-corrected chi connectivity index (χ2v) is 5.08. The van der Waals surface area contributed by atoms with Crippen molar-refractivity contribution in [2.75, 3.05) is 13.1 Å². The van der Waals surface area contributed by atoms with E-state index in [9.17, 15) is 9.59 Å². The summed E-state index contributed by atoms with van der Waals surface area (Å²) in [6, 6.07) is 0. The zero-order valence-electron chi connectivity index (χ0n) is 10.0. The number of hydrogen-bond donors (Lipinski definition) is 2. The summed E-state index contributed by atoms with van der Waals surface area (Å²) >= 11 is 5.49. The molecule has 0 aliphatic heterocycles. The first-order chi connectivity index (χ1) is 7.23. The normalized spacial score (nSPS) is 10.8. The largest absolute Gasteiger partial charge is 0.355 e. The maximum atomic E-state index is 11.4. The number of rotatable bonds is 5. The van der Waals surface area contributed by atoms with Crippen LogP contribution in [0.5, 0.6) is 0 Å². The highest BCUT2D eigenvalue weighted by atomic mass is 35.5. The Morgan fingerprint density at radius 3 is 2.25 bits per heavy atom. The van der Waals surface area contributed by atoms with Crippen molar-refractivity contribution in [2.45, 2.75) is 27.2 Å². The molecule has 0 saturated heterocycles. The van der Waals surface area contributed by atoms with Gasteiger partial charge >= 0.3 is 0 Å². The summed E-state index contributed by atoms with van der Waals surface area (Å²) in [5.41, 5.74) is -0.430. The van der Waals surface area contributed by atoms with Crippen LogP contribution in [0.2, 0.25) is 0 Å². The Hall–Kier alpha value is -1.03. The van der Waals surface area contributed by atoms with Gasteiger partial charge in [0.25, 0.3) is 0 Å². The summed E-state index contributed by atoms with van der Waals surface area (Å²) in [7, 11) is 0. The molecule has 0 atom stereocenters. The molecule has 92 valence electrons. The van der Waals surface area contributed by atoms with Crippen LogP contribution in [0.1, 0.15) is 27.2 Å². The van der Waals surface area contributed by atoms with E-state index in [0.717, 1.165) is 0 Å². The van der Waals surface area contributed by atoms with Gasteiger partial charge in [0.05, 0.1) is 6.54 Å². The number of halogens is 1. The van der Waals surface area contributed by atoms with Gasteiger partial charge < -0.3 is 10.6 Å². The van der Waals surface area contributed by atoms with Crippen LogP contribution >= 0.6 is 11.6 Å². The lowest BCUT2D eigenvalue weighted by Gasteiger charge is -2.17. The lowest BCUT2D eigenvalue weighted by atomic mass is 9.96. The van der Waals surface area contributed by atoms with E-state index in [1.165, 1.54) is 0 Å². The maximum absolute atomic E-state index is 11.4. The van der Waals surface area contributed by atoms with Crippen molar-refractivity contribution in [3.8, 4) is 0 Å². The van der Waals surface area contributed by atoms with Gasteiger partial charge in [-0.1, -0.05) is 39.0 Å². The summed E-state index contributed by atoms with van der Waals surface area (Å²) in [4.78, 5) is 22.7.